The quantitative estimate of drug-likeness (QED) is 0.549. The zero-order valence-corrected chi connectivity index (χ0v) is 17.9. The molecule has 0 aliphatic heterocycles. The first kappa shape index (κ1) is 22.5. The maximum absolute atomic E-state index is 13.1. The molecule has 0 saturated carbocycles. The average Bonchev–Trinajstić information content (AvgIpc) is 3.23. The van der Waals surface area contributed by atoms with Crippen molar-refractivity contribution in [3.8, 4) is 22.7 Å². The molecule has 0 spiro atoms. The van der Waals surface area contributed by atoms with Crippen molar-refractivity contribution < 1.29 is 23.9 Å². The maximum Gasteiger partial charge on any atom is 0.342 e. The molecule has 1 heterocycles. The lowest BCUT2D eigenvalue weighted by Crippen LogP contribution is -2.45. The lowest BCUT2D eigenvalue weighted by molar-refractivity contribution is -0.130. The topological polar surface area (TPSA) is 126 Å². The molecule has 0 radical (unpaired) electrons. The van der Waals surface area contributed by atoms with Crippen molar-refractivity contribution in [2.45, 2.75) is 20.0 Å². The summed E-state index contributed by atoms with van der Waals surface area (Å²) >= 11 is 0. The van der Waals surface area contributed by atoms with E-state index in [0.29, 0.717) is 17.0 Å². The van der Waals surface area contributed by atoms with E-state index in [9.17, 15) is 14.4 Å². The highest BCUT2D eigenvalue weighted by Crippen LogP contribution is 2.27. The number of carbonyl (C=O) groups is 3. The predicted molar refractivity (Wildman–Crippen MR) is 117 cm³/mol. The maximum atomic E-state index is 13.1. The number of benzene rings is 2. The summed E-state index contributed by atoms with van der Waals surface area (Å²) in [6.07, 6.45) is 0.333. The average molecular weight is 436 g/mol. The number of rotatable bonds is 7. The number of esters is 1. The zero-order valence-electron chi connectivity index (χ0n) is 17.9. The Morgan fingerprint density at radius 1 is 1.03 bits per heavy atom. The third-order valence-corrected chi connectivity index (χ3v) is 4.66. The highest BCUT2D eigenvalue weighted by Gasteiger charge is 2.30. The number of nitrogens with two attached hydrogens (primary N) is 1. The molecular formula is C23H24N4O5. The van der Waals surface area contributed by atoms with Gasteiger partial charge in [0.15, 0.2) is 6.10 Å². The number of nitrogens with one attached hydrogen (secondary N) is 1. The number of ether oxygens (including phenoxy) is 2. The molecule has 0 saturated heterocycles. The van der Waals surface area contributed by atoms with Gasteiger partial charge in [-0.3, -0.25) is 10.1 Å². The molecule has 9 heteroatoms. The Bertz CT molecular complexity index is 1110. The molecule has 0 bridgehead atoms. The van der Waals surface area contributed by atoms with Crippen molar-refractivity contribution >= 4 is 17.9 Å². The Hall–Kier alpha value is -4.14. The SMILES string of the molecule is COc1ccc(-c2nn(-c3ccccc3)cc2C(=O)OC(C(=O)NC(N)=O)C(C)C)cc1. The van der Waals surface area contributed by atoms with Crippen LogP contribution < -0.4 is 15.8 Å². The van der Waals surface area contributed by atoms with E-state index in [0.717, 1.165) is 5.69 Å². The minimum atomic E-state index is -1.21. The van der Waals surface area contributed by atoms with E-state index in [-0.39, 0.29) is 5.56 Å². The molecule has 166 valence electrons. The fourth-order valence-corrected chi connectivity index (χ4v) is 3.06. The summed E-state index contributed by atoms with van der Waals surface area (Å²) in [4.78, 5) is 36.5. The molecule has 3 aromatic rings. The highest BCUT2D eigenvalue weighted by molar-refractivity contribution is 6.00. The number of nitrogens with zero attached hydrogens (tertiary/aromatic N) is 2. The fraction of sp³-hybridized carbons (Fsp3) is 0.217. The smallest absolute Gasteiger partial charge is 0.342 e. The van der Waals surface area contributed by atoms with E-state index >= 15 is 0 Å². The van der Waals surface area contributed by atoms with Gasteiger partial charge in [0.2, 0.25) is 0 Å². The number of methoxy groups -OCH3 is 1. The van der Waals surface area contributed by atoms with Crippen molar-refractivity contribution in [2.75, 3.05) is 7.11 Å². The molecule has 3 N–H and O–H groups in total. The standard InChI is InChI=1S/C23H24N4O5/c1-14(2)20(21(28)25-23(24)30)32-22(29)18-13-27(16-7-5-4-6-8-16)26-19(18)15-9-11-17(31-3)12-10-15/h4-14,20H,1-3H3,(H3,24,25,28,30). The Morgan fingerprint density at radius 3 is 2.25 bits per heavy atom. The van der Waals surface area contributed by atoms with Crippen LogP contribution in [0.5, 0.6) is 5.75 Å². The number of aromatic nitrogens is 2. The first-order valence-electron chi connectivity index (χ1n) is 9.91. The molecule has 32 heavy (non-hydrogen) atoms. The lowest BCUT2D eigenvalue weighted by Gasteiger charge is -2.19. The molecule has 3 rings (SSSR count). The van der Waals surface area contributed by atoms with Crippen LogP contribution in [0.2, 0.25) is 0 Å². The minimum Gasteiger partial charge on any atom is -0.497 e. The van der Waals surface area contributed by atoms with Gasteiger partial charge in [0, 0.05) is 11.8 Å². The Kier molecular flexibility index (Phi) is 6.89. The third-order valence-electron chi connectivity index (χ3n) is 4.66. The summed E-state index contributed by atoms with van der Waals surface area (Å²) < 4.78 is 12.2. The Labute approximate surface area is 185 Å². The van der Waals surface area contributed by atoms with Gasteiger partial charge >= 0.3 is 12.0 Å². The van der Waals surface area contributed by atoms with Crippen LogP contribution in [0.15, 0.2) is 60.8 Å². The molecule has 1 atom stereocenters. The van der Waals surface area contributed by atoms with Crippen LogP contribution in [0, 0.1) is 5.92 Å². The summed E-state index contributed by atoms with van der Waals surface area (Å²) in [5, 5.41) is 6.53. The van der Waals surface area contributed by atoms with E-state index in [1.165, 1.54) is 0 Å². The molecule has 2 aromatic carbocycles. The number of amides is 3. The van der Waals surface area contributed by atoms with Gasteiger partial charge in [-0.25, -0.2) is 14.3 Å². The molecule has 3 amide bonds. The van der Waals surface area contributed by atoms with Gasteiger partial charge in [0.05, 0.1) is 12.8 Å². The van der Waals surface area contributed by atoms with Crippen LogP contribution in [0.3, 0.4) is 0 Å². The van der Waals surface area contributed by atoms with Crippen LogP contribution in [-0.2, 0) is 9.53 Å². The Balaban J connectivity index is 2.00. The summed E-state index contributed by atoms with van der Waals surface area (Å²) in [6.45, 7) is 3.38. The highest BCUT2D eigenvalue weighted by atomic mass is 16.5. The monoisotopic (exact) mass is 436 g/mol. The van der Waals surface area contributed by atoms with Crippen molar-refractivity contribution in [1.29, 1.82) is 0 Å². The second-order valence-electron chi connectivity index (χ2n) is 7.32. The molecular weight excluding hydrogens is 412 g/mol. The van der Waals surface area contributed by atoms with Gasteiger partial charge < -0.3 is 15.2 Å². The summed E-state index contributed by atoms with van der Waals surface area (Å²) in [5.41, 5.74) is 6.97. The van der Waals surface area contributed by atoms with E-state index in [4.69, 9.17) is 15.2 Å². The fourth-order valence-electron chi connectivity index (χ4n) is 3.06. The zero-order chi connectivity index (χ0) is 23.3. The van der Waals surface area contributed by atoms with E-state index in [1.807, 2.05) is 35.6 Å². The predicted octanol–water partition coefficient (Wildman–Crippen LogP) is 2.92. The first-order valence-corrected chi connectivity index (χ1v) is 9.91. The van der Waals surface area contributed by atoms with Crippen LogP contribution in [0.25, 0.3) is 16.9 Å². The van der Waals surface area contributed by atoms with Gasteiger partial charge in [-0.2, -0.15) is 5.10 Å². The number of hydrogen-bond acceptors (Lipinski definition) is 6. The largest absolute Gasteiger partial charge is 0.497 e. The van der Waals surface area contributed by atoms with Gasteiger partial charge in [0.1, 0.15) is 17.0 Å². The molecule has 0 aliphatic carbocycles. The van der Waals surface area contributed by atoms with Crippen LogP contribution in [0.1, 0.15) is 24.2 Å². The molecule has 1 unspecified atom stereocenters. The second kappa shape index (κ2) is 9.78. The van der Waals surface area contributed by atoms with Crippen molar-refractivity contribution in [3.63, 3.8) is 0 Å². The van der Waals surface area contributed by atoms with Crippen LogP contribution >= 0.6 is 0 Å². The van der Waals surface area contributed by atoms with Crippen molar-refractivity contribution in [1.82, 2.24) is 15.1 Å². The van der Waals surface area contributed by atoms with Gasteiger partial charge in [-0.05, 0) is 42.3 Å². The van der Waals surface area contributed by atoms with Crippen molar-refractivity contribution in [3.05, 3.63) is 66.4 Å². The summed E-state index contributed by atoms with van der Waals surface area (Å²) in [7, 11) is 1.56. The number of carbonyl (C=O) groups excluding carboxylic acids is 3. The van der Waals surface area contributed by atoms with Gasteiger partial charge in [-0.15, -0.1) is 0 Å². The minimum absolute atomic E-state index is 0.163. The first-order chi connectivity index (χ1) is 15.3. The summed E-state index contributed by atoms with van der Waals surface area (Å²) in [6, 6.07) is 15.3. The molecule has 0 fully saturated rings. The van der Waals surface area contributed by atoms with Gasteiger partial charge in [-0.1, -0.05) is 32.0 Å². The number of hydrogen-bond donors (Lipinski definition) is 2. The second-order valence-corrected chi connectivity index (χ2v) is 7.32. The number of primary amides is 1. The number of imide groups is 1. The van der Waals surface area contributed by atoms with Gasteiger partial charge in [0.25, 0.3) is 5.91 Å². The van der Waals surface area contributed by atoms with E-state index in [2.05, 4.69) is 5.10 Å². The van der Waals surface area contributed by atoms with Crippen LogP contribution in [0.4, 0.5) is 4.79 Å². The lowest BCUT2D eigenvalue weighted by atomic mass is 10.1. The summed E-state index contributed by atoms with van der Waals surface area (Å²) in [5.74, 6) is -1.28. The number of urea groups is 1. The number of para-hydroxylation sites is 1. The normalized spacial score (nSPS) is 11.6. The third kappa shape index (κ3) is 5.12. The van der Waals surface area contributed by atoms with E-state index in [1.54, 1.807) is 56.1 Å². The molecule has 9 nitrogen and oxygen atoms in total. The van der Waals surface area contributed by atoms with Crippen LogP contribution in [-0.4, -0.2) is 40.9 Å². The Morgan fingerprint density at radius 2 is 1.69 bits per heavy atom. The molecule has 0 aliphatic rings. The van der Waals surface area contributed by atoms with E-state index < -0.39 is 29.9 Å². The van der Waals surface area contributed by atoms with Crippen molar-refractivity contribution in [2.24, 2.45) is 11.7 Å². The molecule has 1 aromatic heterocycles.